The fraction of sp³-hybridized carbons (Fsp3) is 0.250. The molecule has 99 valence electrons. The Labute approximate surface area is 147 Å². The number of halogens is 4. The van der Waals surface area contributed by atoms with Crippen molar-refractivity contribution in [3.63, 3.8) is 0 Å². The molecular formula is C12H8F3INOY-. The molecule has 0 saturated carbocycles. The van der Waals surface area contributed by atoms with Crippen LogP contribution in [-0.2, 0) is 37.5 Å². The number of rotatable bonds is 1. The second-order valence-electron chi connectivity index (χ2n) is 3.84. The van der Waals surface area contributed by atoms with Crippen LogP contribution in [0.15, 0.2) is 12.1 Å². The first-order valence-electron chi connectivity index (χ1n) is 5.09. The molecule has 0 saturated heterocycles. The van der Waals surface area contributed by atoms with Crippen LogP contribution in [0.1, 0.15) is 12.0 Å². The number of nitrogens with zero attached hydrogens (tertiary/aromatic N) is 1. The van der Waals surface area contributed by atoms with Gasteiger partial charge in [-0.2, -0.15) is 0 Å². The number of carbonyl (C=O) groups excluding carboxylic acids is 1. The van der Waals surface area contributed by atoms with Crippen LogP contribution in [0.25, 0.3) is 5.70 Å². The van der Waals surface area contributed by atoms with Crippen molar-refractivity contribution in [2.24, 2.45) is 0 Å². The molecule has 0 fully saturated rings. The van der Waals surface area contributed by atoms with E-state index < -0.39 is 23.0 Å². The molecule has 0 spiro atoms. The van der Waals surface area contributed by atoms with Crippen molar-refractivity contribution in [3.8, 4) is 0 Å². The van der Waals surface area contributed by atoms with Gasteiger partial charge in [-0.15, -0.1) is 5.70 Å². The quantitative estimate of drug-likeness (QED) is 0.363. The molecule has 1 radical (unpaired) electrons. The van der Waals surface area contributed by atoms with Crippen molar-refractivity contribution in [3.05, 3.63) is 41.2 Å². The number of allylic oxidation sites excluding steroid dienone is 1. The number of carbonyl (C=O) groups is 1. The molecule has 1 amide bonds. The molecule has 7 heteroatoms. The van der Waals surface area contributed by atoms with Crippen LogP contribution in [-0.4, -0.2) is 21.8 Å². The van der Waals surface area contributed by atoms with Crippen molar-refractivity contribution in [1.82, 2.24) is 4.90 Å². The van der Waals surface area contributed by atoms with Gasteiger partial charge in [0, 0.05) is 39.8 Å². The van der Waals surface area contributed by atoms with Gasteiger partial charge in [0.25, 0.3) is 0 Å². The molecule has 1 unspecified atom stereocenters. The molecule has 1 heterocycles. The molecule has 2 nitrogen and oxygen atoms in total. The van der Waals surface area contributed by atoms with E-state index in [1.54, 1.807) is 0 Å². The first-order valence-corrected chi connectivity index (χ1v) is 6.33. The van der Waals surface area contributed by atoms with Gasteiger partial charge in [0.05, 0.1) is 15.6 Å². The van der Waals surface area contributed by atoms with E-state index >= 15 is 0 Å². The molecule has 0 aromatic heterocycles. The third kappa shape index (κ3) is 3.39. The van der Waals surface area contributed by atoms with Gasteiger partial charge >= 0.3 is 0 Å². The van der Waals surface area contributed by atoms with Gasteiger partial charge < -0.3 is 4.90 Å². The van der Waals surface area contributed by atoms with Crippen molar-refractivity contribution in [2.45, 2.75) is 10.3 Å². The summed E-state index contributed by atoms with van der Waals surface area (Å²) >= 11 is 1.94. The molecule has 1 aliphatic rings. The SMILES string of the molecule is CN1C(=O)C(I)C[C-]=C1c1c(F)cc(F)cc1F.[Y]. The van der Waals surface area contributed by atoms with Gasteiger partial charge in [0.15, 0.2) is 0 Å². The van der Waals surface area contributed by atoms with Crippen LogP contribution < -0.4 is 0 Å². The minimum absolute atomic E-state index is 0. The molecule has 0 N–H and O–H groups in total. The fourth-order valence-corrected chi connectivity index (χ4v) is 2.38. The Kier molecular flexibility index (Phi) is 6.01. The number of hydrogen-bond donors (Lipinski definition) is 0. The number of hydrogen-bond acceptors (Lipinski definition) is 1. The van der Waals surface area contributed by atoms with Crippen LogP contribution in [0.5, 0.6) is 0 Å². The van der Waals surface area contributed by atoms with E-state index in [4.69, 9.17) is 0 Å². The molecule has 19 heavy (non-hydrogen) atoms. The Bertz CT molecular complexity index is 527. The summed E-state index contributed by atoms with van der Waals surface area (Å²) < 4.78 is 39.7. The topological polar surface area (TPSA) is 20.3 Å². The predicted molar refractivity (Wildman–Crippen MR) is 68.2 cm³/mol. The zero-order valence-corrected chi connectivity index (χ0v) is 14.9. The van der Waals surface area contributed by atoms with E-state index in [9.17, 15) is 18.0 Å². The Morgan fingerprint density at radius 3 is 2.37 bits per heavy atom. The summed E-state index contributed by atoms with van der Waals surface area (Å²) in [6.07, 6.45) is 3.05. The van der Waals surface area contributed by atoms with E-state index in [-0.39, 0.29) is 54.7 Å². The van der Waals surface area contributed by atoms with Crippen molar-refractivity contribution >= 4 is 34.2 Å². The Morgan fingerprint density at radius 1 is 1.32 bits per heavy atom. The summed E-state index contributed by atoms with van der Waals surface area (Å²) in [6, 6.07) is 1.17. The summed E-state index contributed by atoms with van der Waals surface area (Å²) in [5, 5.41) is 0. The molecule has 1 aliphatic heterocycles. The third-order valence-corrected chi connectivity index (χ3v) is 3.60. The predicted octanol–water partition coefficient (Wildman–Crippen LogP) is 2.91. The van der Waals surface area contributed by atoms with E-state index in [0.717, 1.165) is 4.90 Å². The van der Waals surface area contributed by atoms with Gasteiger partial charge in [-0.1, -0.05) is 34.6 Å². The summed E-state index contributed by atoms with van der Waals surface area (Å²) in [6.45, 7) is 0. The maximum atomic E-state index is 13.6. The van der Waals surface area contributed by atoms with Gasteiger partial charge in [-0.25, -0.2) is 19.2 Å². The maximum Gasteiger partial charge on any atom is 0.235 e. The molecule has 0 bridgehead atoms. The van der Waals surface area contributed by atoms with Crippen LogP contribution >= 0.6 is 22.6 Å². The second-order valence-corrected chi connectivity index (χ2v) is 5.34. The van der Waals surface area contributed by atoms with Crippen LogP contribution in [0.4, 0.5) is 13.2 Å². The average Bonchev–Trinajstić information content (AvgIpc) is 2.28. The summed E-state index contributed by atoms with van der Waals surface area (Å²) in [5.41, 5.74) is -0.404. The first kappa shape index (κ1) is 17.1. The maximum absolute atomic E-state index is 13.6. The van der Waals surface area contributed by atoms with E-state index in [2.05, 4.69) is 6.08 Å². The fourth-order valence-electron chi connectivity index (χ4n) is 1.74. The monoisotopic (exact) mass is 455 g/mol. The van der Waals surface area contributed by atoms with Crippen LogP contribution in [0.3, 0.4) is 0 Å². The number of alkyl halides is 1. The molecule has 1 aromatic carbocycles. The van der Waals surface area contributed by atoms with Gasteiger partial charge in [-0.3, -0.25) is 4.79 Å². The standard InChI is InChI=1S/C12H8F3INO.Y/c1-17-10(3-2-9(16)12(17)18)11-7(14)4-6(13)5-8(11)15;/h4-5,9H,2H2,1H3;/q-1;. The largest absolute Gasteiger partial charge is 0.349 e. The van der Waals surface area contributed by atoms with Gasteiger partial charge in [0.2, 0.25) is 5.91 Å². The summed E-state index contributed by atoms with van der Waals surface area (Å²) in [7, 11) is 1.41. The minimum atomic E-state index is -1.04. The molecule has 2 rings (SSSR count). The molecule has 0 aliphatic carbocycles. The van der Waals surface area contributed by atoms with Gasteiger partial charge in [-0.05, 0) is 12.1 Å². The first-order chi connectivity index (χ1) is 8.41. The third-order valence-electron chi connectivity index (χ3n) is 2.63. The Balaban J connectivity index is 0.00000180. The number of amides is 1. The molecular weight excluding hydrogens is 447 g/mol. The zero-order chi connectivity index (χ0) is 13.4. The second kappa shape index (κ2) is 6.67. The van der Waals surface area contributed by atoms with Gasteiger partial charge in [0.1, 0.15) is 5.82 Å². The van der Waals surface area contributed by atoms with E-state index in [1.165, 1.54) is 7.05 Å². The average molecular weight is 455 g/mol. The smallest absolute Gasteiger partial charge is 0.235 e. The van der Waals surface area contributed by atoms with Crippen molar-refractivity contribution in [1.29, 1.82) is 0 Å². The Hall–Kier alpha value is 0.0539. The Morgan fingerprint density at radius 2 is 1.84 bits per heavy atom. The van der Waals surface area contributed by atoms with Crippen LogP contribution in [0.2, 0.25) is 0 Å². The van der Waals surface area contributed by atoms with Crippen LogP contribution in [0, 0.1) is 23.5 Å². The van der Waals surface area contributed by atoms with Crippen molar-refractivity contribution in [2.75, 3.05) is 7.05 Å². The zero-order valence-electron chi connectivity index (χ0n) is 9.88. The summed E-state index contributed by atoms with van der Waals surface area (Å²) in [4.78, 5) is 12.9. The molecule has 1 aromatic rings. The van der Waals surface area contributed by atoms with Crippen molar-refractivity contribution < 1.29 is 50.7 Å². The number of benzene rings is 1. The molecule has 1 atom stereocenters. The minimum Gasteiger partial charge on any atom is -0.349 e. The van der Waals surface area contributed by atoms with E-state index in [0.29, 0.717) is 12.1 Å². The normalized spacial score (nSPS) is 19.0. The summed E-state index contributed by atoms with van der Waals surface area (Å²) in [5.74, 6) is -3.33. The van der Waals surface area contributed by atoms with E-state index in [1.807, 2.05) is 22.6 Å².